The van der Waals surface area contributed by atoms with Crippen molar-refractivity contribution >= 4 is 16.5 Å². The highest BCUT2D eigenvalue weighted by molar-refractivity contribution is 5.97. The molecular weight excluding hydrogens is 777 g/mol. The van der Waals surface area contributed by atoms with Crippen molar-refractivity contribution < 1.29 is 0 Å². The van der Waals surface area contributed by atoms with E-state index in [1.54, 1.807) is 0 Å². The van der Waals surface area contributed by atoms with Crippen LogP contribution in [0, 0.1) is 0 Å². The number of hydrogen-bond donors (Lipinski definition) is 0. The molecule has 0 radical (unpaired) electrons. The highest BCUT2D eigenvalue weighted by Crippen LogP contribution is 2.38. The molecule has 0 spiro atoms. The lowest BCUT2D eigenvalue weighted by Gasteiger charge is -2.15. The van der Waals surface area contributed by atoms with Crippen molar-refractivity contribution in [3.05, 3.63) is 248 Å². The standard InChI is InChI=1S/C60H38N4/c1-7-19-41(20-8-1)47-31-32-54-53(36-47)59(46-29-17-6-18-30-46)64-60(63-54)52-34-50(57-39-48(42-21-9-2-10-22-42)37-55(61-57)44-25-13-4-14-26-44)33-51(35-52)58-40-49(43-23-11-3-12-24-43)38-56(62-58)45-27-15-5-16-28-45/h1-15,17-27,29-40H. The second kappa shape index (κ2) is 16.9. The topological polar surface area (TPSA) is 51.6 Å². The van der Waals surface area contributed by atoms with Crippen LogP contribution >= 0.6 is 0 Å². The van der Waals surface area contributed by atoms with E-state index >= 15 is 0 Å². The van der Waals surface area contributed by atoms with E-state index in [0.29, 0.717) is 5.82 Å². The molecule has 0 atom stereocenters. The summed E-state index contributed by atoms with van der Waals surface area (Å²) >= 11 is 0. The van der Waals surface area contributed by atoms with Gasteiger partial charge in [-0.2, -0.15) is 0 Å². The van der Waals surface area contributed by atoms with Crippen LogP contribution in [0.2, 0.25) is 0 Å². The molecule has 4 heteroatoms. The van der Waals surface area contributed by atoms with Crippen molar-refractivity contribution in [2.24, 2.45) is 0 Å². The molecule has 3 aromatic heterocycles. The van der Waals surface area contributed by atoms with Gasteiger partial charge in [0.25, 0.3) is 0 Å². The molecule has 0 aliphatic heterocycles. The van der Waals surface area contributed by atoms with E-state index in [1.165, 1.54) is 0 Å². The molecule has 0 amide bonds. The minimum Gasteiger partial charge on any atom is -0.248 e. The summed E-state index contributed by atoms with van der Waals surface area (Å²) in [4.78, 5) is 21.5. The third-order valence-electron chi connectivity index (χ3n) is 11.5. The lowest BCUT2D eigenvalue weighted by atomic mass is 9.95. The molecule has 64 heavy (non-hydrogen) atoms. The Balaban J connectivity index is 1.17. The molecule has 3 heterocycles. The van der Waals surface area contributed by atoms with Crippen molar-refractivity contribution in [1.82, 2.24) is 19.9 Å². The fourth-order valence-electron chi connectivity index (χ4n) is 8.29. The Morgan fingerprint density at radius 1 is 0.312 bits per heavy atom. The highest BCUT2D eigenvalue weighted by atomic mass is 14.9. The molecule has 0 unspecified atom stereocenters. The van der Waals surface area contributed by atoms with E-state index in [9.17, 15) is 0 Å². The van der Waals surface area contributed by atoms with Gasteiger partial charge in [0, 0.05) is 33.2 Å². The summed E-state index contributed by atoms with van der Waals surface area (Å²) in [6.45, 7) is 0. The summed E-state index contributed by atoms with van der Waals surface area (Å²) in [7, 11) is 0. The molecule has 0 saturated heterocycles. The van der Waals surface area contributed by atoms with Gasteiger partial charge in [0.2, 0.25) is 0 Å². The summed E-state index contributed by atoms with van der Waals surface area (Å²) in [5, 5.41) is 0.982. The normalized spacial score (nSPS) is 11.8. The molecule has 298 valence electrons. The van der Waals surface area contributed by atoms with Crippen LogP contribution in [0.3, 0.4) is 0 Å². The summed E-state index contributed by atoms with van der Waals surface area (Å²) in [5.41, 5.74) is 23.6. The number of allylic oxidation sites excluding steroid dienone is 4. The van der Waals surface area contributed by atoms with Gasteiger partial charge < -0.3 is 0 Å². The number of aromatic nitrogens is 4. The number of benzene rings is 7. The van der Waals surface area contributed by atoms with Gasteiger partial charge in [-0.05, 0) is 100 Å². The van der Waals surface area contributed by atoms with Crippen LogP contribution in [0.15, 0.2) is 242 Å². The van der Waals surface area contributed by atoms with Crippen LogP contribution in [0.5, 0.6) is 0 Å². The predicted octanol–water partition coefficient (Wildman–Crippen LogP) is 15.0. The minimum absolute atomic E-state index is 0.606. The van der Waals surface area contributed by atoms with Crippen molar-refractivity contribution in [2.45, 2.75) is 0 Å². The van der Waals surface area contributed by atoms with Gasteiger partial charge in [0.1, 0.15) is 0 Å². The maximum Gasteiger partial charge on any atom is 0.160 e. The predicted molar refractivity (Wildman–Crippen MR) is 263 cm³/mol. The van der Waals surface area contributed by atoms with Crippen LogP contribution in [-0.4, -0.2) is 19.9 Å². The quantitative estimate of drug-likeness (QED) is 0.136. The van der Waals surface area contributed by atoms with Crippen LogP contribution in [-0.2, 0) is 0 Å². The third-order valence-corrected chi connectivity index (χ3v) is 11.5. The lowest BCUT2D eigenvalue weighted by molar-refractivity contribution is 1.22. The summed E-state index contributed by atoms with van der Waals surface area (Å²) in [5.74, 6) is 0.606. The zero-order chi connectivity index (χ0) is 42.7. The minimum atomic E-state index is 0.606. The van der Waals surface area contributed by atoms with Crippen LogP contribution in [0.4, 0.5) is 0 Å². The van der Waals surface area contributed by atoms with Gasteiger partial charge in [-0.15, -0.1) is 0 Å². The van der Waals surface area contributed by atoms with Crippen molar-refractivity contribution in [3.8, 4) is 89.8 Å². The van der Waals surface area contributed by atoms with E-state index in [-0.39, 0.29) is 0 Å². The molecule has 0 fully saturated rings. The van der Waals surface area contributed by atoms with E-state index < -0.39 is 0 Å². The third kappa shape index (κ3) is 7.82. The number of nitrogens with zero attached hydrogens (tertiary/aromatic N) is 4. The first-order valence-corrected chi connectivity index (χ1v) is 21.4. The summed E-state index contributed by atoms with van der Waals surface area (Å²) < 4.78 is 0. The first-order chi connectivity index (χ1) is 31.7. The fourth-order valence-corrected chi connectivity index (χ4v) is 8.29. The van der Waals surface area contributed by atoms with Crippen LogP contribution < -0.4 is 0 Å². The lowest BCUT2D eigenvalue weighted by Crippen LogP contribution is -1.98. The van der Waals surface area contributed by atoms with Gasteiger partial charge in [-0.25, -0.2) is 19.9 Å². The molecule has 0 saturated carbocycles. The second-order valence-corrected chi connectivity index (χ2v) is 15.7. The van der Waals surface area contributed by atoms with Gasteiger partial charge in [-0.3, -0.25) is 0 Å². The Bertz CT molecular complexity index is 3420. The van der Waals surface area contributed by atoms with Crippen LogP contribution in [0.25, 0.3) is 106 Å². The largest absolute Gasteiger partial charge is 0.248 e. The Kier molecular flexibility index (Phi) is 10.1. The van der Waals surface area contributed by atoms with Gasteiger partial charge in [0.05, 0.1) is 39.6 Å². The average molecular weight is 815 g/mol. The Labute approximate surface area is 372 Å². The Morgan fingerprint density at radius 3 is 1.33 bits per heavy atom. The molecule has 1 aliphatic carbocycles. The summed E-state index contributed by atoms with van der Waals surface area (Å²) in [6, 6.07) is 73.8. The zero-order valence-electron chi connectivity index (χ0n) is 34.7. The first kappa shape index (κ1) is 38.2. The molecule has 4 nitrogen and oxygen atoms in total. The number of rotatable bonds is 9. The molecular formula is C60H38N4. The van der Waals surface area contributed by atoms with Crippen LogP contribution in [0.1, 0.15) is 5.69 Å². The zero-order valence-corrected chi connectivity index (χ0v) is 34.7. The molecule has 0 N–H and O–H groups in total. The van der Waals surface area contributed by atoms with Gasteiger partial charge in [0.15, 0.2) is 5.82 Å². The second-order valence-electron chi connectivity index (χ2n) is 15.7. The van der Waals surface area contributed by atoms with Crippen molar-refractivity contribution in [1.29, 1.82) is 0 Å². The Hall–Kier alpha value is -8.78. The SMILES string of the molecule is C1=C=C(c2cc(-c3ccccc3)cc(-c3cc(-c4cc(-c5ccccc5)cc(-c5ccccc5)n4)cc(-c4nc(-c5ccccc5)c5cc(-c6ccccc6)ccc5n4)c3)n2)C=CC=1. The monoisotopic (exact) mass is 814 g/mol. The number of pyridine rings is 2. The molecule has 11 rings (SSSR count). The fraction of sp³-hybridized carbons (Fsp3) is 0. The van der Waals surface area contributed by atoms with Crippen molar-refractivity contribution in [2.75, 3.05) is 0 Å². The van der Waals surface area contributed by atoms with E-state index in [2.05, 4.69) is 193 Å². The van der Waals surface area contributed by atoms with E-state index in [4.69, 9.17) is 19.9 Å². The first-order valence-electron chi connectivity index (χ1n) is 21.4. The maximum atomic E-state index is 5.45. The van der Waals surface area contributed by atoms with E-state index in [1.807, 2.05) is 48.6 Å². The molecule has 7 aromatic carbocycles. The maximum absolute atomic E-state index is 5.45. The smallest absolute Gasteiger partial charge is 0.160 e. The van der Waals surface area contributed by atoms with Crippen molar-refractivity contribution in [3.63, 3.8) is 0 Å². The van der Waals surface area contributed by atoms with Gasteiger partial charge in [-0.1, -0.05) is 175 Å². The van der Waals surface area contributed by atoms with Gasteiger partial charge >= 0.3 is 0 Å². The molecule has 10 aromatic rings. The number of hydrogen-bond acceptors (Lipinski definition) is 4. The molecule has 1 aliphatic rings. The average Bonchev–Trinajstić information content (AvgIpc) is 3.39. The number of fused-ring (bicyclic) bond motifs is 1. The summed E-state index contributed by atoms with van der Waals surface area (Å²) in [6.07, 6.45) is 5.86. The Morgan fingerprint density at radius 2 is 0.781 bits per heavy atom. The molecule has 0 bridgehead atoms. The van der Waals surface area contributed by atoms with E-state index in [0.717, 1.165) is 106 Å². The highest BCUT2D eigenvalue weighted by Gasteiger charge is 2.18.